The normalized spacial score (nSPS) is 13.3. The quantitative estimate of drug-likeness (QED) is 0.295. The Labute approximate surface area is 241 Å². The summed E-state index contributed by atoms with van der Waals surface area (Å²) in [6.07, 6.45) is 5.40. The number of nitrogens with two attached hydrogens (primary N) is 1. The Morgan fingerprint density at radius 1 is 1.02 bits per heavy atom. The Morgan fingerprint density at radius 3 is 2.67 bits per heavy atom. The Balaban J connectivity index is 1.38. The minimum atomic E-state index is -0.211. The summed E-state index contributed by atoms with van der Waals surface area (Å²) in [5.74, 6) is 1.63. The van der Waals surface area contributed by atoms with Crippen LogP contribution in [0.1, 0.15) is 25.3 Å². The van der Waals surface area contributed by atoms with Crippen LogP contribution in [0.5, 0.6) is 5.75 Å². The average molecular weight is 560 g/mol. The van der Waals surface area contributed by atoms with Gasteiger partial charge in [0.1, 0.15) is 29.3 Å². The number of fused-ring (bicyclic) bond motifs is 3. The van der Waals surface area contributed by atoms with Gasteiger partial charge in [-0.1, -0.05) is 24.3 Å². The predicted molar refractivity (Wildman–Crippen MR) is 164 cm³/mol. The van der Waals surface area contributed by atoms with Gasteiger partial charge in [0, 0.05) is 36.3 Å². The third-order valence-corrected chi connectivity index (χ3v) is 7.70. The predicted octanol–water partition coefficient (Wildman–Crippen LogP) is 4.79. The number of para-hydroxylation sites is 1. The highest BCUT2D eigenvalue weighted by molar-refractivity contribution is 6.02. The Bertz CT molecular complexity index is 2000. The summed E-state index contributed by atoms with van der Waals surface area (Å²) >= 11 is 0. The molecule has 11 heteroatoms. The second-order valence-corrected chi connectivity index (χ2v) is 10.4. The van der Waals surface area contributed by atoms with Crippen LogP contribution >= 0.6 is 0 Å². The zero-order valence-electron chi connectivity index (χ0n) is 23.3. The number of hydrogen-bond acceptors (Lipinski definition) is 9. The number of methoxy groups -OCH3 is 1. The molecule has 0 spiro atoms. The molecular formula is C31H29N9O2. The Kier molecular flexibility index (Phi) is 6.26. The van der Waals surface area contributed by atoms with E-state index in [0.29, 0.717) is 40.5 Å². The highest BCUT2D eigenvalue weighted by Gasteiger charge is 2.21. The van der Waals surface area contributed by atoms with Crippen molar-refractivity contribution in [1.82, 2.24) is 29.7 Å². The largest absolute Gasteiger partial charge is 0.494 e. The van der Waals surface area contributed by atoms with Gasteiger partial charge < -0.3 is 20.7 Å². The number of nitrogen functional groups attached to an aromatic ring is 1. The van der Waals surface area contributed by atoms with Crippen molar-refractivity contribution < 1.29 is 9.53 Å². The lowest BCUT2D eigenvalue weighted by molar-refractivity contribution is -0.114. The molecule has 1 aliphatic rings. The average Bonchev–Trinajstić information content (AvgIpc) is 3.66. The molecule has 1 amide bonds. The van der Waals surface area contributed by atoms with E-state index in [2.05, 4.69) is 43.4 Å². The third-order valence-electron chi connectivity index (χ3n) is 7.70. The highest BCUT2D eigenvalue weighted by Crippen LogP contribution is 2.37. The van der Waals surface area contributed by atoms with Gasteiger partial charge in [0.2, 0.25) is 5.91 Å². The van der Waals surface area contributed by atoms with Crippen LogP contribution in [-0.4, -0.2) is 55.8 Å². The van der Waals surface area contributed by atoms with Crippen LogP contribution in [0, 0.1) is 0 Å². The van der Waals surface area contributed by atoms with E-state index in [1.54, 1.807) is 13.3 Å². The summed E-state index contributed by atoms with van der Waals surface area (Å²) in [5.41, 5.74) is 11.8. The van der Waals surface area contributed by atoms with E-state index in [0.717, 1.165) is 51.8 Å². The van der Waals surface area contributed by atoms with E-state index in [1.807, 2.05) is 35.0 Å². The molecule has 7 rings (SSSR count). The van der Waals surface area contributed by atoms with Gasteiger partial charge in [0.05, 0.1) is 36.3 Å². The van der Waals surface area contributed by atoms with E-state index in [1.165, 1.54) is 26.1 Å². The Hall–Kier alpha value is -5.32. The molecule has 0 bridgehead atoms. The second-order valence-electron chi connectivity index (χ2n) is 10.4. The first-order chi connectivity index (χ1) is 20.5. The molecule has 1 fully saturated rings. The fourth-order valence-electron chi connectivity index (χ4n) is 5.79. The first-order valence-corrected chi connectivity index (χ1v) is 13.9. The molecule has 0 saturated carbocycles. The van der Waals surface area contributed by atoms with Gasteiger partial charge in [-0.25, -0.2) is 19.6 Å². The first-order valence-electron chi connectivity index (χ1n) is 13.9. The van der Waals surface area contributed by atoms with Gasteiger partial charge in [-0.05, 0) is 42.7 Å². The summed E-state index contributed by atoms with van der Waals surface area (Å²) in [4.78, 5) is 32.5. The van der Waals surface area contributed by atoms with Crippen molar-refractivity contribution in [2.75, 3.05) is 36.1 Å². The molecule has 4 aromatic heterocycles. The number of carbonyl (C=O) groups is 1. The smallest absolute Gasteiger partial charge is 0.221 e. The van der Waals surface area contributed by atoms with Crippen molar-refractivity contribution in [2.45, 2.75) is 26.3 Å². The number of amides is 1. The van der Waals surface area contributed by atoms with Crippen LogP contribution in [0.2, 0.25) is 0 Å². The maximum absolute atomic E-state index is 11.8. The van der Waals surface area contributed by atoms with E-state index in [9.17, 15) is 4.79 Å². The van der Waals surface area contributed by atoms with E-state index in [4.69, 9.17) is 20.6 Å². The zero-order valence-corrected chi connectivity index (χ0v) is 23.3. The van der Waals surface area contributed by atoms with Crippen LogP contribution in [0.4, 0.5) is 17.3 Å². The molecule has 210 valence electrons. The van der Waals surface area contributed by atoms with Gasteiger partial charge in [0.25, 0.3) is 0 Å². The van der Waals surface area contributed by atoms with E-state index >= 15 is 0 Å². The zero-order chi connectivity index (χ0) is 28.8. The highest BCUT2D eigenvalue weighted by atomic mass is 16.5. The molecule has 2 aromatic carbocycles. The van der Waals surface area contributed by atoms with Crippen LogP contribution in [0.3, 0.4) is 0 Å². The second kappa shape index (κ2) is 10.3. The van der Waals surface area contributed by atoms with Gasteiger partial charge >= 0.3 is 0 Å². The fourth-order valence-corrected chi connectivity index (χ4v) is 5.79. The molecule has 11 nitrogen and oxygen atoms in total. The maximum Gasteiger partial charge on any atom is 0.221 e. The number of nitrogens with one attached hydrogen (secondary N) is 1. The van der Waals surface area contributed by atoms with Gasteiger partial charge in [-0.2, -0.15) is 5.10 Å². The number of benzene rings is 2. The number of pyridine rings is 2. The van der Waals surface area contributed by atoms with Gasteiger partial charge in [-0.15, -0.1) is 0 Å². The summed E-state index contributed by atoms with van der Waals surface area (Å²) in [7, 11) is 1.57. The number of anilines is 3. The lowest BCUT2D eigenvalue weighted by Crippen LogP contribution is -2.19. The lowest BCUT2D eigenvalue weighted by atomic mass is 10.1. The molecule has 0 unspecified atom stereocenters. The fraction of sp³-hybridized carbons (Fsp3) is 0.226. The van der Waals surface area contributed by atoms with Crippen molar-refractivity contribution in [3.05, 3.63) is 66.6 Å². The third kappa shape index (κ3) is 4.39. The lowest BCUT2D eigenvalue weighted by Gasteiger charge is -2.19. The molecule has 5 heterocycles. The number of carbonyl (C=O) groups excluding carboxylic acids is 1. The SMILES string of the molecule is COc1c(NC(C)=O)cnc2ccc(-c3nn(Cc4cc(N5CCCC5)nc5ccccc45)c4ncnc(N)c34)cc12. The molecule has 6 aromatic rings. The molecular weight excluding hydrogens is 530 g/mol. The molecule has 3 N–H and O–H groups in total. The molecule has 1 saturated heterocycles. The van der Waals surface area contributed by atoms with Gasteiger partial charge in [-0.3, -0.25) is 9.78 Å². The number of nitrogens with zero attached hydrogens (tertiary/aromatic N) is 7. The monoisotopic (exact) mass is 559 g/mol. The van der Waals surface area contributed by atoms with Crippen LogP contribution in [0.25, 0.3) is 44.1 Å². The molecule has 0 radical (unpaired) electrons. The van der Waals surface area contributed by atoms with E-state index in [-0.39, 0.29) is 5.91 Å². The Morgan fingerprint density at radius 2 is 1.86 bits per heavy atom. The minimum absolute atomic E-state index is 0.211. The topological polar surface area (TPSA) is 137 Å². The number of aromatic nitrogens is 6. The first kappa shape index (κ1) is 25.6. The van der Waals surface area contributed by atoms with Crippen molar-refractivity contribution in [3.63, 3.8) is 0 Å². The van der Waals surface area contributed by atoms with Crippen LogP contribution in [0.15, 0.2) is 61.1 Å². The standard InChI is InChI=1S/C31H29N9O2/c1-18(41)36-25-15-33-23-10-9-19(13-22(23)29(25)42-2)28-27-30(32)34-17-35-31(27)40(38-28)16-20-14-26(39-11-5-6-12-39)37-24-8-4-3-7-21(20)24/h3-4,7-10,13-15,17H,5-6,11-12,16H2,1-2H3,(H,36,41)(H2,32,34,35). The number of rotatable bonds is 6. The van der Waals surface area contributed by atoms with Crippen LogP contribution < -0.4 is 20.7 Å². The summed E-state index contributed by atoms with van der Waals surface area (Å²) in [5, 5.41) is 10.3. The summed E-state index contributed by atoms with van der Waals surface area (Å²) < 4.78 is 7.58. The molecule has 0 atom stereocenters. The summed E-state index contributed by atoms with van der Waals surface area (Å²) in [6, 6.07) is 16.1. The number of ether oxygens (including phenoxy) is 1. The molecule has 42 heavy (non-hydrogen) atoms. The molecule has 0 aliphatic carbocycles. The van der Waals surface area contributed by atoms with Crippen LogP contribution in [-0.2, 0) is 11.3 Å². The van der Waals surface area contributed by atoms with Crippen molar-refractivity contribution in [2.24, 2.45) is 0 Å². The minimum Gasteiger partial charge on any atom is -0.494 e. The maximum atomic E-state index is 11.8. The van der Waals surface area contributed by atoms with E-state index < -0.39 is 0 Å². The van der Waals surface area contributed by atoms with Crippen molar-refractivity contribution in [3.8, 4) is 17.0 Å². The van der Waals surface area contributed by atoms with Gasteiger partial charge in [0.15, 0.2) is 11.4 Å². The molecule has 1 aliphatic heterocycles. The number of hydrogen-bond donors (Lipinski definition) is 2. The van der Waals surface area contributed by atoms with Crippen molar-refractivity contribution in [1.29, 1.82) is 0 Å². The summed E-state index contributed by atoms with van der Waals surface area (Å²) in [6.45, 7) is 3.93. The van der Waals surface area contributed by atoms with Crippen molar-refractivity contribution >= 4 is 56.1 Å².